The first-order chi connectivity index (χ1) is 9.47. The minimum Gasteiger partial charge on any atom is -0.489 e. The van der Waals surface area contributed by atoms with Crippen molar-refractivity contribution in [3.63, 3.8) is 0 Å². The Bertz CT molecular complexity index is 658. The van der Waals surface area contributed by atoms with Crippen molar-refractivity contribution in [3.8, 4) is 5.75 Å². The van der Waals surface area contributed by atoms with E-state index in [1.807, 2.05) is 19.1 Å². The molecule has 3 nitrogen and oxygen atoms in total. The maximum absolute atomic E-state index is 13.0. The molecule has 2 aromatic carbocycles. The summed E-state index contributed by atoms with van der Waals surface area (Å²) < 4.78 is 18.6. The van der Waals surface area contributed by atoms with Gasteiger partial charge in [-0.2, -0.15) is 0 Å². The van der Waals surface area contributed by atoms with Crippen molar-refractivity contribution in [2.24, 2.45) is 5.73 Å². The van der Waals surface area contributed by atoms with E-state index in [-0.39, 0.29) is 10.9 Å². The lowest BCUT2D eigenvalue weighted by Gasteiger charge is -2.10. The average Bonchev–Trinajstić information content (AvgIpc) is 2.41. The molecular formula is C15H14ClFN2O. The van der Waals surface area contributed by atoms with Gasteiger partial charge in [0.15, 0.2) is 0 Å². The van der Waals surface area contributed by atoms with E-state index in [0.29, 0.717) is 17.9 Å². The Kier molecular flexibility index (Phi) is 4.25. The zero-order chi connectivity index (χ0) is 14.7. The van der Waals surface area contributed by atoms with Crippen LogP contribution < -0.4 is 10.5 Å². The Morgan fingerprint density at radius 2 is 2.05 bits per heavy atom. The summed E-state index contributed by atoms with van der Waals surface area (Å²) in [6, 6.07) is 9.70. The largest absolute Gasteiger partial charge is 0.489 e. The normalized spacial score (nSPS) is 10.3. The molecule has 0 unspecified atom stereocenters. The summed E-state index contributed by atoms with van der Waals surface area (Å²) in [5.41, 5.74) is 8.05. The van der Waals surface area contributed by atoms with Crippen LogP contribution in [0, 0.1) is 18.2 Å². The number of hydrogen-bond donors (Lipinski definition) is 2. The van der Waals surface area contributed by atoms with Gasteiger partial charge in [-0.05, 0) is 36.2 Å². The lowest BCUT2D eigenvalue weighted by atomic mass is 10.1. The van der Waals surface area contributed by atoms with E-state index in [1.54, 1.807) is 6.07 Å². The van der Waals surface area contributed by atoms with E-state index in [9.17, 15) is 4.39 Å². The van der Waals surface area contributed by atoms with E-state index in [2.05, 4.69) is 0 Å². The molecular weight excluding hydrogens is 279 g/mol. The fourth-order valence-electron chi connectivity index (χ4n) is 1.75. The van der Waals surface area contributed by atoms with Crippen molar-refractivity contribution in [2.45, 2.75) is 13.5 Å². The maximum Gasteiger partial charge on any atom is 0.142 e. The number of benzene rings is 2. The molecule has 0 atom stereocenters. The van der Waals surface area contributed by atoms with Gasteiger partial charge in [0, 0.05) is 11.6 Å². The number of nitrogens with two attached hydrogens (primary N) is 1. The van der Waals surface area contributed by atoms with E-state index in [0.717, 1.165) is 11.1 Å². The molecule has 0 spiro atoms. The summed E-state index contributed by atoms with van der Waals surface area (Å²) in [5, 5.41) is 7.41. The van der Waals surface area contributed by atoms with E-state index in [4.69, 9.17) is 27.5 Å². The highest BCUT2D eigenvalue weighted by molar-refractivity contribution is 6.30. The molecule has 0 saturated heterocycles. The quantitative estimate of drug-likeness (QED) is 0.667. The van der Waals surface area contributed by atoms with Gasteiger partial charge in [-0.1, -0.05) is 23.7 Å². The molecule has 0 bridgehead atoms. The van der Waals surface area contributed by atoms with Gasteiger partial charge in [-0.15, -0.1) is 0 Å². The number of nitrogens with one attached hydrogen (secondary N) is 1. The average molecular weight is 293 g/mol. The van der Waals surface area contributed by atoms with Crippen LogP contribution in [0.25, 0.3) is 0 Å². The smallest absolute Gasteiger partial charge is 0.142 e. The lowest BCUT2D eigenvalue weighted by molar-refractivity contribution is 0.305. The molecule has 5 heteroatoms. The van der Waals surface area contributed by atoms with Crippen LogP contribution >= 0.6 is 11.6 Å². The third-order valence-corrected chi connectivity index (χ3v) is 3.23. The molecule has 0 heterocycles. The minimum atomic E-state index is -0.471. The van der Waals surface area contributed by atoms with Gasteiger partial charge in [0.05, 0.1) is 5.02 Å². The SMILES string of the molecule is Cc1cc(C(=N)N)ccc1COc1ccc(F)c(Cl)c1. The molecule has 0 fully saturated rings. The minimum absolute atomic E-state index is 0.0332. The van der Waals surface area contributed by atoms with E-state index >= 15 is 0 Å². The number of hydrogen-bond acceptors (Lipinski definition) is 2. The fourth-order valence-corrected chi connectivity index (χ4v) is 1.92. The first-order valence-electron chi connectivity index (χ1n) is 5.99. The van der Waals surface area contributed by atoms with Gasteiger partial charge in [0.25, 0.3) is 0 Å². The van der Waals surface area contributed by atoms with Crippen molar-refractivity contribution < 1.29 is 9.13 Å². The van der Waals surface area contributed by atoms with Crippen molar-refractivity contribution in [2.75, 3.05) is 0 Å². The second-order valence-electron chi connectivity index (χ2n) is 4.42. The van der Waals surface area contributed by atoms with Crippen LogP contribution in [-0.4, -0.2) is 5.84 Å². The van der Waals surface area contributed by atoms with Gasteiger partial charge < -0.3 is 10.5 Å². The van der Waals surface area contributed by atoms with E-state index < -0.39 is 5.82 Å². The summed E-state index contributed by atoms with van der Waals surface area (Å²) in [7, 11) is 0. The topological polar surface area (TPSA) is 59.1 Å². The summed E-state index contributed by atoms with van der Waals surface area (Å²) >= 11 is 5.69. The molecule has 0 saturated carbocycles. The van der Waals surface area contributed by atoms with Crippen LogP contribution in [0.5, 0.6) is 5.75 Å². The summed E-state index contributed by atoms with van der Waals surface area (Å²) in [6.07, 6.45) is 0. The predicted octanol–water partition coefficient (Wildman–Crippen LogP) is 3.65. The van der Waals surface area contributed by atoms with E-state index in [1.165, 1.54) is 18.2 Å². The van der Waals surface area contributed by atoms with Crippen LogP contribution in [0.3, 0.4) is 0 Å². The molecule has 0 aromatic heterocycles. The first kappa shape index (κ1) is 14.3. The van der Waals surface area contributed by atoms with Crippen molar-refractivity contribution >= 4 is 17.4 Å². The predicted molar refractivity (Wildman–Crippen MR) is 77.9 cm³/mol. The highest BCUT2D eigenvalue weighted by atomic mass is 35.5. The number of halogens is 2. The van der Waals surface area contributed by atoms with Crippen LogP contribution in [0.1, 0.15) is 16.7 Å². The number of rotatable bonds is 4. The maximum atomic E-state index is 13.0. The summed E-state index contributed by atoms with van der Waals surface area (Å²) in [5.74, 6) is 0.0679. The number of aryl methyl sites for hydroxylation is 1. The zero-order valence-electron chi connectivity index (χ0n) is 10.9. The number of ether oxygens (including phenoxy) is 1. The monoisotopic (exact) mass is 292 g/mol. The Balaban J connectivity index is 2.10. The second-order valence-corrected chi connectivity index (χ2v) is 4.83. The van der Waals surface area contributed by atoms with Crippen LogP contribution in [0.2, 0.25) is 5.02 Å². The second kappa shape index (κ2) is 5.92. The molecule has 0 aliphatic carbocycles. The number of amidine groups is 1. The molecule has 0 aliphatic rings. The van der Waals surface area contributed by atoms with Crippen LogP contribution in [-0.2, 0) is 6.61 Å². The van der Waals surface area contributed by atoms with Crippen molar-refractivity contribution in [1.29, 1.82) is 5.41 Å². The van der Waals surface area contributed by atoms with Gasteiger partial charge in [0.1, 0.15) is 24.0 Å². The summed E-state index contributed by atoms with van der Waals surface area (Å²) in [4.78, 5) is 0. The van der Waals surface area contributed by atoms with Gasteiger partial charge in [0.2, 0.25) is 0 Å². The molecule has 104 valence electrons. The molecule has 0 aliphatic heterocycles. The van der Waals surface area contributed by atoms with Crippen LogP contribution in [0.4, 0.5) is 4.39 Å². The Morgan fingerprint density at radius 3 is 2.65 bits per heavy atom. The molecule has 2 rings (SSSR count). The Labute approximate surface area is 121 Å². The Hall–Kier alpha value is -2.07. The molecule has 3 N–H and O–H groups in total. The zero-order valence-corrected chi connectivity index (χ0v) is 11.7. The third kappa shape index (κ3) is 3.27. The molecule has 2 aromatic rings. The van der Waals surface area contributed by atoms with Gasteiger partial charge in [-0.3, -0.25) is 5.41 Å². The third-order valence-electron chi connectivity index (χ3n) is 2.94. The highest BCUT2D eigenvalue weighted by Crippen LogP contribution is 2.22. The fraction of sp³-hybridized carbons (Fsp3) is 0.133. The summed E-state index contributed by atoms with van der Waals surface area (Å²) in [6.45, 7) is 2.26. The molecule has 20 heavy (non-hydrogen) atoms. The number of nitrogen functional groups attached to an aromatic ring is 1. The van der Waals surface area contributed by atoms with Crippen molar-refractivity contribution in [1.82, 2.24) is 0 Å². The molecule has 0 radical (unpaired) electrons. The van der Waals surface area contributed by atoms with Crippen LogP contribution in [0.15, 0.2) is 36.4 Å². The Morgan fingerprint density at radius 1 is 1.30 bits per heavy atom. The van der Waals surface area contributed by atoms with Crippen molar-refractivity contribution in [3.05, 3.63) is 63.9 Å². The lowest BCUT2D eigenvalue weighted by Crippen LogP contribution is -2.11. The standard InChI is InChI=1S/C15H14ClFN2O/c1-9-6-10(15(18)19)2-3-11(9)8-20-12-4-5-14(17)13(16)7-12/h2-7H,8H2,1H3,(H3,18,19). The molecule has 0 amide bonds. The van der Waals surface area contributed by atoms with Gasteiger partial charge >= 0.3 is 0 Å². The highest BCUT2D eigenvalue weighted by Gasteiger charge is 2.05. The van der Waals surface area contributed by atoms with Gasteiger partial charge in [-0.25, -0.2) is 4.39 Å². The first-order valence-corrected chi connectivity index (χ1v) is 6.37.